The number of hydrogen-bond donors (Lipinski definition) is 4. The Morgan fingerprint density at radius 2 is 1.06 bits per heavy atom. The van der Waals surface area contributed by atoms with Gasteiger partial charge in [-0.1, -0.05) is 162 Å². The highest BCUT2D eigenvalue weighted by atomic mass is 79.9. The van der Waals surface area contributed by atoms with Gasteiger partial charge in [-0.05, 0) is 93.0 Å². The minimum Gasteiger partial charge on any atom is -0.392 e. The Morgan fingerprint density at radius 3 is 1.52 bits per heavy atom. The summed E-state index contributed by atoms with van der Waals surface area (Å²) in [4.78, 5) is 1.88. The number of benzene rings is 6. The first-order chi connectivity index (χ1) is 26.0. The molecule has 0 amide bonds. The van der Waals surface area contributed by atoms with E-state index in [0.717, 1.165) is 35.3 Å². The number of aliphatic hydroxyl groups excluding tert-OH is 2. The number of halogens is 1. The van der Waals surface area contributed by atoms with Gasteiger partial charge >= 0.3 is 0 Å². The number of nitrogens with one attached hydrogen (secondary N) is 2. The van der Waals surface area contributed by atoms with Crippen molar-refractivity contribution >= 4 is 37.5 Å². The molecule has 6 aromatic rings. The standard InChI is InChI=1S/C24H23NO.C15H16BrN.C9H8O.CH4/c1-19(23-12-7-10-22-9-4-5-11-24(22)23)25-17-6-2-3-8-20-13-15-21(18-26)16-14-20;1-12(17-11-5-10-16)14-9-4-7-13-6-2-3-8-15(13)14;1-2-8-3-5-9(7-10)6-4-8;/h2,4-7,9-16,19,25-26H,17-18H2,1H3;2-10,12,17H,11H2,1H3;1,3-6,10H,7H2;1H4/b6-2+;10-5+;;/t19-;12-;;/m11../s1. The van der Waals surface area contributed by atoms with Crippen LogP contribution in [0.15, 0.2) is 157 Å². The number of allylic oxidation sites excluding steroid dienone is 1. The normalized spacial score (nSPS) is 11.6. The fraction of sp³-hybridized carbons (Fsp3) is 0.184. The van der Waals surface area contributed by atoms with Gasteiger partial charge in [0.2, 0.25) is 0 Å². The molecule has 4 nitrogen and oxygen atoms in total. The number of aliphatic hydroxyl groups is 2. The summed E-state index contributed by atoms with van der Waals surface area (Å²) in [7, 11) is 0. The molecule has 0 unspecified atom stereocenters. The van der Waals surface area contributed by atoms with E-state index in [-0.39, 0.29) is 26.7 Å². The van der Waals surface area contributed by atoms with Crippen molar-refractivity contribution in [2.24, 2.45) is 0 Å². The highest BCUT2D eigenvalue weighted by Crippen LogP contribution is 2.25. The average molecular weight is 780 g/mol. The lowest BCUT2D eigenvalue weighted by Gasteiger charge is -2.15. The van der Waals surface area contributed by atoms with E-state index in [2.05, 4.69) is 149 Å². The Balaban J connectivity index is 0.000000240. The maximum atomic E-state index is 9.03. The maximum absolute atomic E-state index is 9.03. The van der Waals surface area contributed by atoms with Gasteiger partial charge in [0.25, 0.3) is 0 Å². The van der Waals surface area contributed by atoms with Crippen LogP contribution < -0.4 is 10.6 Å². The first-order valence-electron chi connectivity index (χ1n) is 17.7. The zero-order chi connectivity index (χ0) is 37.7. The topological polar surface area (TPSA) is 64.5 Å². The monoisotopic (exact) mass is 778 g/mol. The van der Waals surface area contributed by atoms with Gasteiger partial charge in [-0.25, -0.2) is 0 Å². The van der Waals surface area contributed by atoms with Crippen molar-refractivity contribution in [3.8, 4) is 24.2 Å². The summed E-state index contributed by atoms with van der Waals surface area (Å²) in [6.07, 6.45) is 11.1. The Labute approximate surface area is 330 Å². The van der Waals surface area contributed by atoms with Gasteiger partial charge in [-0.3, -0.25) is 0 Å². The van der Waals surface area contributed by atoms with Gasteiger partial charge in [0.1, 0.15) is 0 Å². The van der Waals surface area contributed by atoms with Crippen molar-refractivity contribution in [1.29, 1.82) is 0 Å². The Kier molecular flexibility index (Phi) is 19.3. The van der Waals surface area contributed by atoms with Crippen LogP contribution in [0.2, 0.25) is 0 Å². The van der Waals surface area contributed by atoms with Crippen LogP contribution in [0.5, 0.6) is 0 Å². The number of fused-ring (bicyclic) bond motifs is 2. The molecular formula is C49H51BrN2O2. The van der Waals surface area contributed by atoms with Crippen LogP contribution >= 0.6 is 15.9 Å². The Morgan fingerprint density at radius 1 is 0.611 bits per heavy atom. The molecule has 0 spiro atoms. The molecule has 0 saturated heterocycles. The molecule has 0 heterocycles. The van der Waals surface area contributed by atoms with Crippen LogP contribution in [-0.2, 0) is 13.2 Å². The van der Waals surface area contributed by atoms with Crippen LogP contribution in [0.25, 0.3) is 21.5 Å². The van der Waals surface area contributed by atoms with E-state index in [1.165, 1.54) is 32.7 Å². The van der Waals surface area contributed by atoms with E-state index < -0.39 is 0 Å². The minimum atomic E-state index is 0. The van der Waals surface area contributed by atoms with Gasteiger partial charge in [0.05, 0.1) is 13.2 Å². The van der Waals surface area contributed by atoms with Crippen LogP contribution in [0, 0.1) is 24.2 Å². The molecule has 4 N–H and O–H groups in total. The van der Waals surface area contributed by atoms with Gasteiger partial charge < -0.3 is 20.8 Å². The lowest BCUT2D eigenvalue weighted by atomic mass is 10.00. The smallest absolute Gasteiger partial charge is 0.0681 e. The lowest BCUT2D eigenvalue weighted by Crippen LogP contribution is -2.18. The summed E-state index contributed by atoms with van der Waals surface area (Å²) in [5.74, 6) is 8.64. The van der Waals surface area contributed by atoms with E-state index in [4.69, 9.17) is 16.6 Å². The molecule has 54 heavy (non-hydrogen) atoms. The first kappa shape index (κ1) is 43.2. The number of hydrogen-bond acceptors (Lipinski definition) is 4. The van der Waals surface area contributed by atoms with Crippen LogP contribution in [0.3, 0.4) is 0 Å². The second-order valence-electron chi connectivity index (χ2n) is 12.3. The van der Waals surface area contributed by atoms with E-state index in [1.807, 2.05) is 65.7 Å². The van der Waals surface area contributed by atoms with Crippen molar-refractivity contribution in [2.75, 3.05) is 13.1 Å². The second-order valence-corrected chi connectivity index (χ2v) is 12.8. The van der Waals surface area contributed by atoms with Crippen molar-refractivity contribution in [3.05, 3.63) is 190 Å². The summed E-state index contributed by atoms with van der Waals surface area (Å²) in [6, 6.07) is 45.4. The van der Waals surface area contributed by atoms with E-state index in [9.17, 15) is 0 Å². The quantitative estimate of drug-likeness (QED) is 0.105. The number of rotatable bonds is 10. The highest BCUT2D eigenvalue weighted by Gasteiger charge is 2.08. The molecule has 5 heteroatoms. The van der Waals surface area contributed by atoms with E-state index >= 15 is 0 Å². The highest BCUT2D eigenvalue weighted by molar-refractivity contribution is 9.11. The molecule has 6 rings (SSSR count). The summed E-state index contributed by atoms with van der Waals surface area (Å²) in [6.45, 7) is 6.16. The molecule has 0 saturated carbocycles. The molecular weight excluding hydrogens is 728 g/mol. The van der Waals surface area contributed by atoms with Gasteiger partial charge in [0, 0.05) is 36.3 Å². The summed E-state index contributed by atoms with van der Waals surface area (Å²) >= 11 is 3.27. The van der Waals surface area contributed by atoms with Crippen molar-refractivity contribution in [1.82, 2.24) is 10.6 Å². The van der Waals surface area contributed by atoms with Crippen LogP contribution in [0.1, 0.15) is 66.7 Å². The molecule has 0 aliphatic heterocycles. The second kappa shape index (κ2) is 24.1. The molecule has 0 radical (unpaired) electrons. The zero-order valence-corrected chi connectivity index (χ0v) is 31.9. The average Bonchev–Trinajstić information content (AvgIpc) is 3.22. The van der Waals surface area contributed by atoms with Gasteiger partial charge in [0.15, 0.2) is 0 Å². The summed E-state index contributed by atoms with van der Waals surface area (Å²) in [5, 5.41) is 29.9. The first-order valence-corrected chi connectivity index (χ1v) is 18.6. The minimum absolute atomic E-state index is 0. The molecule has 0 aromatic heterocycles. The van der Waals surface area contributed by atoms with Crippen molar-refractivity contribution in [3.63, 3.8) is 0 Å². The molecule has 276 valence electrons. The summed E-state index contributed by atoms with van der Waals surface area (Å²) < 4.78 is 0. The van der Waals surface area contributed by atoms with Gasteiger partial charge in [-0.15, -0.1) is 6.42 Å². The third-order valence-corrected chi connectivity index (χ3v) is 8.98. The maximum Gasteiger partial charge on any atom is 0.0681 e. The van der Waals surface area contributed by atoms with Crippen LogP contribution in [0.4, 0.5) is 0 Å². The summed E-state index contributed by atoms with van der Waals surface area (Å²) in [5.41, 5.74) is 6.25. The predicted molar refractivity (Wildman–Crippen MR) is 234 cm³/mol. The molecule has 2 atom stereocenters. The van der Waals surface area contributed by atoms with Crippen LogP contribution in [-0.4, -0.2) is 23.3 Å². The molecule has 0 fully saturated rings. The van der Waals surface area contributed by atoms with Gasteiger partial charge in [-0.2, -0.15) is 0 Å². The van der Waals surface area contributed by atoms with Crippen molar-refractivity contribution < 1.29 is 10.2 Å². The largest absolute Gasteiger partial charge is 0.392 e. The fourth-order valence-corrected chi connectivity index (χ4v) is 5.84. The predicted octanol–water partition coefficient (Wildman–Crippen LogP) is 10.8. The van der Waals surface area contributed by atoms with E-state index in [0.29, 0.717) is 6.04 Å². The SMILES string of the molecule is C.C#Cc1ccc(CO)cc1.C[C@@H](NC/C=C/Br)c1cccc2ccccc12.C[C@@H](NC/C=C/C#Cc1ccc(CO)cc1)c1cccc2ccccc12. The lowest BCUT2D eigenvalue weighted by molar-refractivity contribution is 0.281. The van der Waals surface area contributed by atoms with Crippen molar-refractivity contribution in [2.45, 2.75) is 46.6 Å². The molecule has 6 aromatic carbocycles. The fourth-order valence-electron chi connectivity index (χ4n) is 5.65. The Bertz CT molecular complexity index is 2160. The third-order valence-electron chi connectivity index (χ3n) is 8.61. The zero-order valence-electron chi connectivity index (χ0n) is 30.3. The van der Waals surface area contributed by atoms with E-state index in [1.54, 1.807) is 0 Å². The molecule has 0 aliphatic rings. The molecule has 0 aliphatic carbocycles. The third kappa shape index (κ3) is 13.6. The Hall–Kier alpha value is -5.24. The number of terminal acetylenes is 1. The molecule has 0 bridgehead atoms.